The van der Waals surface area contributed by atoms with Crippen LogP contribution in [0.5, 0.6) is 5.75 Å². The number of carboxylic acid groups (broad SMARTS) is 1. The van der Waals surface area contributed by atoms with Crippen LogP contribution in [0.15, 0.2) is 84.9 Å². The summed E-state index contributed by atoms with van der Waals surface area (Å²) in [5.74, 6) is -1.05. The van der Waals surface area contributed by atoms with E-state index >= 15 is 0 Å². The van der Waals surface area contributed by atoms with Crippen molar-refractivity contribution in [1.29, 1.82) is 0 Å². The summed E-state index contributed by atoms with van der Waals surface area (Å²) < 4.78 is 13.2. The van der Waals surface area contributed by atoms with E-state index in [1.165, 1.54) is 17.7 Å². The maximum absolute atomic E-state index is 13.2. The molecule has 2 N–H and O–H groups in total. The molecule has 0 saturated heterocycles. The number of aromatic carboxylic acids is 1. The van der Waals surface area contributed by atoms with E-state index in [1.54, 1.807) is 36.4 Å². The van der Waals surface area contributed by atoms with Gasteiger partial charge in [0.25, 0.3) is 0 Å². The second-order valence-electron chi connectivity index (χ2n) is 7.38. The van der Waals surface area contributed by atoms with E-state index in [0.717, 1.165) is 34.7 Å². The third-order valence-corrected chi connectivity index (χ3v) is 5.29. The average molecular weight is 412 g/mol. The monoisotopic (exact) mass is 412 g/mol. The van der Waals surface area contributed by atoms with Crippen LogP contribution >= 0.6 is 0 Å². The van der Waals surface area contributed by atoms with Crippen LogP contribution in [-0.4, -0.2) is 16.2 Å². The molecule has 0 amide bonds. The topological polar surface area (TPSA) is 57.5 Å². The molecular weight excluding hydrogens is 391 g/mol. The van der Waals surface area contributed by atoms with E-state index in [9.17, 15) is 19.4 Å². The van der Waals surface area contributed by atoms with E-state index in [-0.39, 0.29) is 17.1 Å². The molecule has 0 aliphatic rings. The lowest BCUT2D eigenvalue weighted by Gasteiger charge is -2.07. The minimum atomic E-state index is -0.987. The minimum absolute atomic E-state index is 0.225. The molecule has 0 atom stereocenters. The molecule has 31 heavy (non-hydrogen) atoms. The van der Waals surface area contributed by atoms with E-state index in [0.29, 0.717) is 5.56 Å². The first-order chi connectivity index (χ1) is 15.0. The Morgan fingerprint density at radius 2 is 1.68 bits per heavy atom. The van der Waals surface area contributed by atoms with Crippen LogP contribution in [0.25, 0.3) is 28.0 Å². The quantitative estimate of drug-likeness (QED) is 0.371. The Hall–Kier alpha value is -3.92. The summed E-state index contributed by atoms with van der Waals surface area (Å²) in [6.45, 7) is 0. The zero-order chi connectivity index (χ0) is 21.8. The molecule has 154 valence electrons. The molecular formula is C27H21FO3. The molecule has 0 fully saturated rings. The van der Waals surface area contributed by atoms with Gasteiger partial charge in [0, 0.05) is 0 Å². The van der Waals surface area contributed by atoms with Crippen molar-refractivity contribution in [2.24, 2.45) is 0 Å². The third kappa shape index (κ3) is 4.64. The minimum Gasteiger partial charge on any atom is -0.508 e. The Morgan fingerprint density at radius 3 is 2.45 bits per heavy atom. The number of fused-ring (bicyclic) bond motifs is 1. The number of phenols is 1. The number of carbonyl (C=O) groups is 1. The van der Waals surface area contributed by atoms with Gasteiger partial charge in [0.05, 0.1) is 5.56 Å². The largest absolute Gasteiger partial charge is 0.508 e. The number of allylic oxidation sites excluding steroid dienone is 1. The van der Waals surface area contributed by atoms with Gasteiger partial charge in [0.2, 0.25) is 0 Å². The lowest BCUT2D eigenvalue weighted by molar-refractivity contribution is 0.0696. The Kier molecular flexibility index (Phi) is 5.80. The molecule has 0 aliphatic heterocycles. The van der Waals surface area contributed by atoms with Gasteiger partial charge in [-0.25, -0.2) is 9.18 Å². The van der Waals surface area contributed by atoms with Gasteiger partial charge in [-0.1, -0.05) is 54.6 Å². The molecule has 3 nitrogen and oxygen atoms in total. The van der Waals surface area contributed by atoms with Crippen LogP contribution in [0, 0.1) is 5.82 Å². The number of carboxylic acids is 1. The molecule has 0 spiro atoms. The number of benzene rings is 4. The lowest BCUT2D eigenvalue weighted by Crippen LogP contribution is -1.99. The third-order valence-electron chi connectivity index (χ3n) is 5.29. The van der Waals surface area contributed by atoms with Crippen molar-refractivity contribution in [3.05, 3.63) is 107 Å². The van der Waals surface area contributed by atoms with Gasteiger partial charge >= 0.3 is 5.97 Å². The SMILES string of the molecule is O=C(O)c1ccc(-c2ccc(F)cc2)cc1/C=C/CCc1cccc2cc(O)ccc12. The fraction of sp³-hybridized carbons (Fsp3) is 0.0741. The average Bonchev–Trinajstić information content (AvgIpc) is 2.76. The number of aryl methyl sites for hydroxylation is 1. The normalized spacial score (nSPS) is 11.3. The molecule has 0 radical (unpaired) electrons. The van der Waals surface area contributed by atoms with Gasteiger partial charge in [-0.2, -0.15) is 0 Å². The van der Waals surface area contributed by atoms with Crippen LogP contribution in [0.3, 0.4) is 0 Å². The van der Waals surface area contributed by atoms with Crippen molar-refractivity contribution in [2.45, 2.75) is 12.8 Å². The van der Waals surface area contributed by atoms with Crippen molar-refractivity contribution < 1.29 is 19.4 Å². The Labute approximate surface area is 179 Å². The number of hydrogen-bond acceptors (Lipinski definition) is 2. The van der Waals surface area contributed by atoms with Crippen LogP contribution in [0.4, 0.5) is 4.39 Å². The maximum atomic E-state index is 13.2. The number of rotatable bonds is 6. The van der Waals surface area contributed by atoms with Crippen LogP contribution in [0.2, 0.25) is 0 Å². The summed E-state index contributed by atoms with van der Waals surface area (Å²) in [4.78, 5) is 11.6. The molecule has 0 saturated carbocycles. The zero-order valence-electron chi connectivity index (χ0n) is 16.8. The second-order valence-corrected chi connectivity index (χ2v) is 7.38. The van der Waals surface area contributed by atoms with Gasteiger partial charge in [-0.05, 0) is 82.3 Å². The predicted octanol–water partition coefficient (Wildman–Crippen LogP) is 6.70. The summed E-state index contributed by atoms with van der Waals surface area (Å²) in [5, 5.41) is 21.3. The summed E-state index contributed by atoms with van der Waals surface area (Å²) in [7, 11) is 0. The van der Waals surface area contributed by atoms with Crippen molar-refractivity contribution in [1.82, 2.24) is 0 Å². The molecule has 4 heteroatoms. The van der Waals surface area contributed by atoms with Gasteiger partial charge < -0.3 is 10.2 Å². The highest BCUT2D eigenvalue weighted by Gasteiger charge is 2.10. The summed E-state index contributed by atoms with van der Waals surface area (Å²) >= 11 is 0. The number of hydrogen-bond donors (Lipinski definition) is 2. The fourth-order valence-corrected chi connectivity index (χ4v) is 3.72. The Balaban J connectivity index is 1.56. The summed E-state index contributed by atoms with van der Waals surface area (Å²) in [6, 6.07) is 22.6. The molecule has 0 bridgehead atoms. The molecule has 4 rings (SSSR count). The highest BCUT2D eigenvalue weighted by atomic mass is 19.1. The number of halogens is 1. The zero-order valence-corrected chi connectivity index (χ0v) is 16.8. The van der Waals surface area contributed by atoms with Gasteiger partial charge in [-0.3, -0.25) is 0 Å². The Morgan fingerprint density at radius 1 is 0.903 bits per heavy atom. The van der Waals surface area contributed by atoms with E-state index in [2.05, 4.69) is 6.07 Å². The molecule has 4 aromatic carbocycles. The van der Waals surface area contributed by atoms with Gasteiger partial charge in [-0.15, -0.1) is 0 Å². The Bertz CT molecular complexity index is 1270. The number of phenolic OH excluding ortho intramolecular Hbond substituents is 1. The van der Waals surface area contributed by atoms with Crippen LogP contribution in [-0.2, 0) is 6.42 Å². The van der Waals surface area contributed by atoms with E-state index in [4.69, 9.17) is 0 Å². The summed E-state index contributed by atoms with van der Waals surface area (Å²) in [6.07, 6.45) is 5.32. The lowest BCUT2D eigenvalue weighted by atomic mass is 9.97. The van der Waals surface area contributed by atoms with E-state index < -0.39 is 5.97 Å². The smallest absolute Gasteiger partial charge is 0.336 e. The predicted molar refractivity (Wildman–Crippen MR) is 122 cm³/mol. The standard InChI is InChI=1S/C27H21FO3/c28-23-11-8-18(9-12-23)20-10-14-26(27(30)31)21(16-20)5-2-1-4-19-6-3-7-22-17-24(29)13-15-25(19)22/h2-3,5-17,29H,1,4H2,(H,30,31)/b5-2+. The molecule has 0 aromatic heterocycles. The first-order valence-electron chi connectivity index (χ1n) is 10.0. The van der Waals surface area contributed by atoms with Crippen molar-refractivity contribution in [3.8, 4) is 16.9 Å². The maximum Gasteiger partial charge on any atom is 0.336 e. The molecule has 0 heterocycles. The molecule has 4 aromatic rings. The second kappa shape index (κ2) is 8.84. The van der Waals surface area contributed by atoms with Crippen molar-refractivity contribution in [2.75, 3.05) is 0 Å². The highest BCUT2D eigenvalue weighted by Crippen LogP contribution is 2.26. The van der Waals surface area contributed by atoms with Gasteiger partial charge in [0.1, 0.15) is 11.6 Å². The van der Waals surface area contributed by atoms with Crippen LogP contribution < -0.4 is 0 Å². The van der Waals surface area contributed by atoms with Crippen LogP contribution in [0.1, 0.15) is 27.9 Å². The van der Waals surface area contributed by atoms with Gasteiger partial charge in [0.15, 0.2) is 0 Å². The van der Waals surface area contributed by atoms with Crippen molar-refractivity contribution in [3.63, 3.8) is 0 Å². The number of aromatic hydroxyl groups is 1. The molecule has 0 unspecified atom stereocenters. The molecule has 0 aliphatic carbocycles. The summed E-state index contributed by atoms with van der Waals surface area (Å²) in [5.41, 5.74) is 3.66. The fourth-order valence-electron chi connectivity index (χ4n) is 3.72. The first kappa shape index (κ1) is 20.4. The van der Waals surface area contributed by atoms with E-state index in [1.807, 2.05) is 36.4 Å². The highest BCUT2D eigenvalue weighted by molar-refractivity contribution is 5.93. The first-order valence-corrected chi connectivity index (χ1v) is 10.0. The van der Waals surface area contributed by atoms with Crippen molar-refractivity contribution >= 4 is 22.8 Å².